The van der Waals surface area contributed by atoms with Crippen LogP contribution >= 0.6 is 0 Å². The van der Waals surface area contributed by atoms with Gasteiger partial charge in [0.1, 0.15) is 24.2 Å². The minimum atomic E-state index is -0.530. The van der Waals surface area contributed by atoms with Gasteiger partial charge in [-0.05, 0) is 71.4 Å². The van der Waals surface area contributed by atoms with E-state index in [1.165, 1.54) is 36.8 Å². The van der Waals surface area contributed by atoms with Gasteiger partial charge in [-0.1, -0.05) is 74.4 Å². The highest BCUT2D eigenvalue weighted by Crippen LogP contribution is 2.35. The van der Waals surface area contributed by atoms with Gasteiger partial charge in [0, 0.05) is 12.6 Å². The van der Waals surface area contributed by atoms with Gasteiger partial charge in [0.25, 0.3) is 0 Å². The maximum atomic E-state index is 10.3. The first kappa shape index (κ1) is 24.1. The van der Waals surface area contributed by atoms with E-state index < -0.39 is 6.10 Å². The van der Waals surface area contributed by atoms with Crippen molar-refractivity contribution in [2.75, 3.05) is 13.2 Å². The highest BCUT2D eigenvalue weighted by atomic mass is 16.5. The molecule has 4 rings (SSSR count). The Morgan fingerprint density at radius 2 is 1.50 bits per heavy atom. The number of phenolic OH excluding ortho intramolecular Hbond substituents is 1. The number of hydrogen-bond donors (Lipinski definition) is 3. The van der Waals surface area contributed by atoms with Crippen molar-refractivity contribution < 1.29 is 14.9 Å². The Hall–Kier alpha value is -3.08. The summed E-state index contributed by atoms with van der Waals surface area (Å²) in [5, 5.41) is 23.5. The van der Waals surface area contributed by atoms with E-state index in [1.807, 2.05) is 30.3 Å². The first-order valence-corrected chi connectivity index (χ1v) is 12.4. The minimum Gasteiger partial charge on any atom is -0.508 e. The Bertz CT molecular complexity index is 1050. The van der Waals surface area contributed by atoms with Crippen LogP contribution in [0.3, 0.4) is 0 Å². The maximum absolute atomic E-state index is 10.3. The molecule has 1 fully saturated rings. The summed E-state index contributed by atoms with van der Waals surface area (Å²) >= 11 is 0. The van der Waals surface area contributed by atoms with Gasteiger partial charge >= 0.3 is 0 Å². The smallest absolute Gasteiger partial charge is 0.119 e. The number of aliphatic hydroxyl groups is 1. The van der Waals surface area contributed by atoms with Crippen molar-refractivity contribution in [1.82, 2.24) is 5.32 Å². The fourth-order valence-electron chi connectivity index (χ4n) is 4.71. The van der Waals surface area contributed by atoms with Crippen LogP contribution < -0.4 is 10.1 Å². The van der Waals surface area contributed by atoms with Gasteiger partial charge in [0.2, 0.25) is 0 Å². The number of nitrogens with one attached hydrogen (secondary N) is 1. The van der Waals surface area contributed by atoms with Crippen LogP contribution in [0, 0.1) is 0 Å². The summed E-state index contributed by atoms with van der Waals surface area (Å²) in [6.07, 6.45) is 5.31. The number of hydrogen-bond acceptors (Lipinski definition) is 4. The van der Waals surface area contributed by atoms with E-state index in [9.17, 15) is 10.2 Å². The summed E-state index contributed by atoms with van der Waals surface area (Å²) < 4.78 is 5.87. The van der Waals surface area contributed by atoms with Gasteiger partial charge in [0.15, 0.2) is 0 Å². The summed E-state index contributed by atoms with van der Waals surface area (Å²) in [4.78, 5) is 0. The van der Waals surface area contributed by atoms with Crippen molar-refractivity contribution in [3.05, 3.63) is 95.6 Å². The van der Waals surface area contributed by atoms with E-state index in [2.05, 4.69) is 48.6 Å². The van der Waals surface area contributed by atoms with Gasteiger partial charge in [-0.15, -0.1) is 0 Å². The molecule has 0 aromatic heterocycles. The van der Waals surface area contributed by atoms with Crippen LogP contribution in [0.4, 0.5) is 0 Å². The molecule has 3 N–H and O–H groups in total. The minimum absolute atomic E-state index is 0.255. The SMILES string of the molecule is CCC(=C(c1ccc(O)cc1)c1ccc(OCC(O)CNC2CCCC2)cc1)c1ccccc1. The Morgan fingerprint density at radius 1 is 0.882 bits per heavy atom. The number of ether oxygens (including phenoxy) is 1. The summed E-state index contributed by atoms with van der Waals surface area (Å²) in [6.45, 7) is 3.00. The van der Waals surface area contributed by atoms with E-state index in [1.54, 1.807) is 12.1 Å². The Balaban J connectivity index is 1.52. The standard InChI is InChI=1S/C30H35NO3/c1-2-29(22-8-4-3-5-9-22)30(23-12-16-26(32)17-13-23)24-14-18-28(19-15-24)34-21-27(33)20-31-25-10-6-7-11-25/h3-5,8-9,12-19,25,27,31-33H,2,6-7,10-11,20-21H2,1H3. The van der Waals surface area contributed by atoms with Crippen molar-refractivity contribution in [2.45, 2.75) is 51.2 Å². The molecule has 0 amide bonds. The zero-order valence-corrected chi connectivity index (χ0v) is 19.9. The number of aliphatic hydroxyl groups excluding tert-OH is 1. The first-order chi connectivity index (χ1) is 16.6. The van der Waals surface area contributed by atoms with Gasteiger partial charge in [-0.3, -0.25) is 0 Å². The number of aromatic hydroxyl groups is 1. The molecule has 3 aromatic carbocycles. The lowest BCUT2D eigenvalue weighted by Crippen LogP contribution is -2.36. The molecule has 0 saturated heterocycles. The largest absolute Gasteiger partial charge is 0.508 e. The zero-order chi connectivity index (χ0) is 23.8. The molecule has 0 aliphatic heterocycles. The number of phenols is 1. The fourth-order valence-corrected chi connectivity index (χ4v) is 4.71. The van der Waals surface area contributed by atoms with Crippen LogP contribution in [-0.4, -0.2) is 35.5 Å². The van der Waals surface area contributed by atoms with Gasteiger partial charge in [-0.25, -0.2) is 0 Å². The molecule has 1 saturated carbocycles. The van der Waals surface area contributed by atoms with Crippen LogP contribution in [0.15, 0.2) is 78.9 Å². The topological polar surface area (TPSA) is 61.7 Å². The molecule has 178 valence electrons. The predicted octanol–water partition coefficient (Wildman–Crippen LogP) is 6.03. The molecular weight excluding hydrogens is 422 g/mol. The third kappa shape index (κ3) is 6.28. The van der Waals surface area contributed by atoms with E-state index in [0.717, 1.165) is 28.9 Å². The summed E-state index contributed by atoms with van der Waals surface area (Å²) in [6, 6.07) is 26.4. The van der Waals surface area contributed by atoms with E-state index >= 15 is 0 Å². The average molecular weight is 458 g/mol. The predicted molar refractivity (Wildman–Crippen MR) is 139 cm³/mol. The van der Waals surface area contributed by atoms with E-state index in [4.69, 9.17) is 4.74 Å². The molecular formula is C30H35NO3. The second-order valence-electron chi connectivity index (χ2n) is 9.00. The van der Waals surface area contributed by atoms with Crippen molar-refractivity contribution in [3.8, 4) is 11.5 Å². The van der Waals surface area contributed by atoms with Crippen LogP contribution in [0.1, 0.15) is 55.7 Å². The number of benzene rings is 3. The van der Waals surface area contributed by atoms with E-state index in [-0.39, 0.29) is 12.4 Å². The van der Waals surface area contributed by atoms with Gasteiger partial charge < -0.3 is 20.3 Å². The Labute approximate surface area is 202 Å². The third-order valence-corrected chi connectivity index (χ3v) is 6.52. The van der Waals surface area contributed by atoms with Crippen molar-refractivity contribution in [2.24, 2.45) is 0 Å². The number of allylic oxidation sites excluding steroid dienone is 1. The number of rotatable bonds is 10. The van der Waals surface area contributed by atoms with Crippen molar-refractivity contribution >= 4 is 11.1 Å². The molecule has 1 atom stereocenters. The molecule has 4 heteroatoms. The quantitative estimate of drug-likeness (QED) is 0.325. The maximum Gasteiger partial charge on any atom is 0.119 e. The molecule has 0 bridgehead atoms. The van der Waals surface area contributed by atoms with Crippen molar-refractivity contribution in [3.63, 3.8) is 0 Å². The van der Waals surface area contributed by atoms with Crippen LogP contribution in [0.25, 0.3) is 11.1 Å². The lowest BCUT2D eigenvalue weighted by atomic mass is 9.88. The summed E-state index contributed by atoms with van der Waals surface area (Å²) in [5.41, 5.74) is 5.71. The molecule has 34 heavy (non-hydrogen) atoms. The third-order valence-electron chi connectivity index (χ3n) is 6.52. The van der Waals surface area contributed by atoms with E-state index in [0.29, 0.717) is 12.6 Å². The molecule has 4 nitrogen and oxygen atoms in total. The molecule has 0 radical (unpaired) electrons. The highest BCUT2D eigenvalue weighted by Gasteiger charge is 2.16. The second-order valence-corrected chi connectivity index (χ2v) is 9.00. The average Bonchev–Trinajstić information content (AvgIpc) is 3.40. The van der Waals surface area contributed by atoms with Gasteiger partial charge in [-0.2, -0.15) is 0 Å². The van der Waals surface area contributed by atoms with Crippen LogP contribution in [0.5, 0.6) is 11.5 Å². The normalized spacial score (nSPS) is 15.7. The lowest BCUT2D eigenvalue weighted by molar-refractivity contribution is 0.104. The monoisotopic (exact) mass is 457 g/mol. The molecule has 1 aliphatic carbocycles. The molecule has 0 heterocycles. The second kappa shape index (κ2) is 11.9. The van der Waals surface area contributed by atoms with Crippen molar-refractivity contribution in [1.29, 1.82) is 0 Å². The summed E-state index contributed by atoms with van der Waals surface area (Å²) in [5.74, 6) is 0.997. The fraction of sp³-hybridized carbons (Fsp3) is 0.333. The van der Waals surface area contributed by atoms with Gasteiger partial charge in [0.05, 0.1) is 0 Å². The molecule has 0 spiro atoms. The van der Waals surface area contributed by atoms with Crippen LogP contribution in [0.2, 0.25) is 0 Å². The molecule has 3 aromatic rings. The lowest BCUT2D eigenvalue weighted by Gasteiger charge is -2.18. The summed E-state index contributed by atoms with van der Waals surface area (Å²) in [7, 11) is 0. The van der Waals surface area contributed by atoms with Crippen LogP contribution in [-0.2, 0) is 0 Å². The Kier molecular flexibility index (Phi) is 8.40. The zero-order valence-electron chi connectivity index (χ0n) is 19.9. The molecule has 1 unspecified atom stereocenters. The first-order valence-electron chi connectivity index (χ1n) is 12.4. The molecule has 1 aliphatic rings. The highest BCUT2D eigenvalue weighted by molar-refractivity contribution is 5.98. The Morgan fingerprint density at radius 3 is 2.12 bits per heavy atom.